The highest BCUT2D eigenvalue weighted by atomic mass is 17.1. The number of hydrogen-bond acceptors (Lipinski definition) is 9. The van der Waals surface area contributed by atoms with Gasteiger partial charge in [-0.25, -0.2) is 5.26 Å². The highest BCUT2D eigenvalue weighted by Gasteiger charge is 2.42. The number of terminal acetylenes is 2. The highest BCUT2D eigenvalue weighted by molar-refractivity contribution is 5.78. The molecule has 0 aromatic carbocycles. The Hall–Kier alpha value is -3.11. The molecule has 35 heavy (non-hydrogen) atoms. The minimum Gasteiger partial charge on any atom is -0.460 e. The number of aryl methyl sites for hydroxylation is 1. The summed E-state index contributed by atoms with van der Waals surface area (Å²) in [6.45, 7) is 2.94. The summed E-state index contributed by atoms with van der Waals surface area (Å²) in [4.78, 5) is 34.8. The van der Waals surface area contributed by atoms with Crippen molar-refractivity contribution in [2.75, 3.05) is 26.4 Å². The van der Waals surface area contributed by atoms with E-state index in [-0.39, 0.29) is 31.8 Å². The molecule has 9 heteroatoms. The predicted molar refractivity (Wildman–Crippen MR) is 124 cm³/mol. The van der Waals surface area contributed by atoms with Crippen LogP contribution in [0.3, 0.4) is 0 Å². The van der Waals surface area contributed by atoms with Crippen LogP contribution < -0.4 is 4.89 Å². The van der Waals surface area contributed by atoms with Gasteiger partial charge in [-0.2, -0.15) is 0 Å². The maximum absolute atomic E-state index is 13.1. The van der Waals surface area contributed by atoms with Gasteiger partial charge >= 0.3 is 11.9 Å². The van der Waals surface area contributed by atoms with E-state index in [4.69, 9.17) is 31.8 Å². The SMILES string of the molecule is C#CCC1(C(=O)OCc2cnc(C)c(OO)c2COC(=O)C2(CC#C)CCOCC2)CCOCC1. The number of rotatable bonds is 9. The van der Waals surface area contributed by atoms with Crippen molar-refractivity contribution >= 4 is 11.9 Å². The van der Waals surface area contributed by atoms with Crippen molar-refractivity contribution in [2.24, 2.45) is 10.8 Å². The summed E-state index contributed by atoms with van der Waals surface area (Å²) in [7, 11) is 0. The van der Waals surface area contributed by atoms with Crippen LogP contribution in [0.4, 0.5) is 0 Å². The Morgan fingerprint density at radius 1 is 0.971 bits per heavy atom. The fourth-order valence-corrected chi connectivity index (χ4v) is 4.49. The molecule has 1 aromatic rings. The zero-order valence-electron chi connectivity index (χ0n) is 20.0. The third-order valence-corrected chi connectivity index (χ3v) is 6.85. The lowest BCUT2D eigenvalue weighted by molar-refractivity contribution is -0.165. The van der Waals surface area contributed by atoms with Gasteiger partial charge in [0, 0.05) is 56.6 Å². The lowest BCUT2D eigenvalue weighted by Gasteiger charge is -2.33. The maximum atomic E-state index is 13.1. The number of aromatic nitrogens is 1. The molecule has 0 aliphatic carbocycles. The summed E-state index contributed by atoms with van der Waals surface area (Å²) in [6.07, 6.45) is 14.9. The van der Waals surface area contributed by atoms with Crippen molar-refractivity contribution in [3.8, 4) is 30.4 Å². The second-order valence-electron chi connectivity index (χ2n) is 8.97. The van der Waals surface area contributed by atoms with E-state index >= 15 is 0 Å². The summed E-state index contributed by atoms with van der Waals surface area (Å²) in [6, 6.07) is 0. The number of carbonyl (C=O) groups excluding carboxylic acids is 2. The van der Waals surface area contributed by atoms with Gasteiger partial charge in [-0.05, 0) is 32.6 Å². The van der Waals surface area contributed by atoms with Crippen molar-refractivity contribution in [3.05, 3.63) is 23.0 Å². The zero-order valence-corrected chi connectivity index (χ0v) is 20.0. The molecule has 2 aliphatic rings. The smallest absolute Gasteiger partial charge is 0.313 e. The molecule has 1 aromatic heterocycles. The van der Waals surface area contributed by atoms with E-state index < -0.39 is 22.8 Å². The van der Waals surface area contributed by atoms with E-state index in [0.717, 1.165) is 0 Å². The van der Waals surface area contributed by atoms with E-state index in [0.29, 0.717) is 68.9 Å². The highest BCUT2D eigenvalue weighted by Crippen LogP contribution is 2.38. The molecule has 0 unspecified atom stereocenters. The number of esters is 2. The molecule has 0 bridgehead atoms. The van der Waals surface area contributed by atoms with E-state index in [1.165, 1.54) is 6.20 Å². The van der Waals surface area contributed by atoms with Crippen molar-refractivity contribution < 1.29 is 38.7 Å². The summed E-state index contributed by atoms with van der Waals surface area (Å²) in [5.41, 5.74) is -0.472. The van der Waals surface area contributed by atoms with Gasteiger partial charge < -0.3 is 23.8 Å². The van der Waals surface area contributed by atoms with Gasteiger partial charge in [0.2, 0.25) is 0 Å². The average molecular weight is 486 g/mol. The summed E-state index contributed by atoms with van der Waals surface area (Å²) in [5, 5.41) is 9.50. The van der Waals surface area contributed by atoms with Crippen LogP contribution >= 0.6 is 0 Å². The molecule has 0 atom stereocenters. The monoisotopic (exact) mass is 485 g/mol. The largest absolute Gasteiger partial charge is 0.460 e. The van der Waals surface area contributed by atoms with E-state index in [1.54, 1.807) is 6.92 Å². The average Bonchev–Trinajstić information content (AvgIpc) is 2.87. The molecule has 0 spiro atoms. The molecule has 188 valence electrons. The van der Waals surface area contributed by atoms with Crippen LogP contribution in [0.15, 0.2) is 6.20 Å². The quantitative estimate of drug-likeness (QED) is 0.244. The Balaban J connectivity index is 1.77. The topological polar surface area (TPSA) is 113 Å². The molecule has 0 radical (unpaired) electrons. The van der Waals surface area contributed by atoms with Crippen LogP contribution in [0.2, 0.25) is 0 Å². The second kappa shape index (κ2) is 12.0. The lowest BCUT2D eigenvalue weighted by atomic mass is 9.77. The van der Waals surface area contributed by atoms with Crippen molar-refractivity contribution in [3.63, 3.8) is 0 Å². The Morgan fingerprint density at radius 2 is 1.46 bits per heavy atom. The number of ether oxygens (including phenoxy) is 4. The van der Waals surface area contributed by atoms with E-state index in [9.17, 15) is 14.8 Å². The summed E-state index contributed by atoms with van der Waals surface area (Å²) < 4.78 is 22.0. The third kappa shape index (κ3) is 5.94. The van der Waals surface area contributed by atoms with E-state index in [2.05, 4.69) is 21.7 Å². The number of nitrogens with zero attached hydrogens (tertiary/aromatic N) is 1. The lowest BCUT2D eigenvalue weighted by Crippen LogP contribution is -2.38. The Morgan fingerprint density at radius 3 is 1.91 bits per heavy atom. The number of hydrogen-bond donors (Lipinski definition) is 1. The molecule has 3 rings (SSSR count). The van der Waals surface area contributed by atoms with Crippen molar-refractivity contribution in [2.45, 2.75) is 58.7 Å². The fraction of sp³-hybridized carbons (Fsp3) is 0.577. The Labute approximate surface area is 205 Å². The molecule has 2 saturated heterocycles. The first-order valence-electron chi connectivity index (χ1n) is 11.6. The van der Waals surface area contributed by atoms with Crippen LogP contribution in [0.5, 0.6) is 5.75 Å². The molecule has 2 fully saturated rings. The maximum Gasteiger partial charge on any atom is 0.313 e. The second-order valence-corrected chi connectivity index (χ2v) is 8.97. The number of carbonyl (C=O) groups is 2. The van der Waals surface area contributed by atoms with Gasteiger partial charge in [0.15, 0.2) is 5.75 Å². The molecular weight excluding hydrogens is 454 g/mol. The number of pyridine rings is 1. The Bertz CT molecular complexity index is 994. The third-order valence-electron chi connectivity index (χ3n) is 6.85. The van der Waals surface area contributed by atoms with Gasteiger partial charge in [0.1, 0.15) is 13.2 Å². The van der Waals surface area contributed by atoms with Gasteiger partial charge in [-0.3, -0.25) is 14.6 Å². The van der Waals surface area contributed by atoms with Crippen LogP contribution in [-0.4, -0.2) is 48.6 Å². The molecular formula is C26H31NO8. The first-order valence-corrected chi connectivity index (χ1v) is 11.6. The summed E-state index contributed by atoms with van der Waals surface area (Å²) >= 11 is 0. The molecule has 1 N–H and O–H groups in total. The first kappa shape index (κ1) is 26.5. The molecule has 9 nitrogen and oxygen atoms in total. The van der Waals surface area contributed by atoms with Gasteiger partial charge in [0.05, 0.1) is 16.5 Å². The van der Waals surface area contributed by atoms with Crippen LogP contribution in [0.25, 0.3) is 0 Å². The summed E-state index contributed by atoms with van der Waals surface area (Å²) in [5.74, 6) is 4.30. The minimum atomic E-state index is -0.827. The van der Waals surface area contributed by atoms with Crippen LogP contribution in [0.1, 0.15) is 55.3 Å². The van der Waals surface area contributed by atoms with Crippen molar-refractivity contribution in [1.82, 2.24) is 4.98 Å². The predicted octanol–water partition coefficient (Wildman–Crippen LogP) is 2.97. The van der Waals surface area contributed by atoms with Gasteiger partial charge in [-0.1, -0.05) is 0 Å². The van der Waals surface area contributed by atoms with E-state index in [1.807, 2.05) is 0 Å². The fourth-order valence-electron chi connectivity index (χ4n) is 4.49. The van der Waals surface area contributed by atoms with Crippen LogP contribution in [-0.2, 0) is 41.8 Å². The standard InChI is InChI=1S/C26H31NO8/c1-4-6-25(8-12-31-13-9-25)23(28)33-17-20-16-27-19(3)22(35-30)21(20)18-34-24(29)26(7-5-2)10-14-32-15-11-26/h1-2,16,30H,6-15,17-18H2,3H3. The molecule has 0 saturated carbocycles. The molecule has 3 heterocycles. The minimum absolute atomic E-state index is 0.0359. The van der Waals surface area contributed by atoms with Crippen molar-refractivity contribution in [1.29, 1.82) is 0 Å². The normalized spacial score (nSPS) is 18.5. The molecule has 2 aliphatic heterocycles. The van der Waals surface area contributed by atoms with Gasteiger partial charge in [0.25, 0.3) is 0 Å². The first-order chi connectivity index (χ1) is 16.9. The van der Waals surface area contributed by atoms with Crippen LogP contribution in [0, 0.1) is 42.4 Å². The Kier molecular flexibility index (Phi) is 9.11. The van der Waals surface area contributed by atoms with Gasteiger partial charge in [-0.15, -0.1) is 24.7 Å². The molecule has 0 amide bonds. The zero-order chi connectivity index (χ0) is 25.3.